The lowest BCUT2D eigenvalue weighted by Gasteiger charge is -2.17. The molecule has 0 aliphatic carbocycles. The van der Waals surface area contributed by atoms with Crippen LogP contribution in [0.3, 0.4) is 0 Å². The molecular weight excluding hydrogens is 412 g/mol. The van der Waals surface area contributed by atoms with E-state index in [1.54, 1.807) is 6.07 Å². The lowest BCUT2D eigenvalue weighted by Crippen LogP contribution is -2.09. The Morgan fingerprint density at radius 2 is 1.65 bits per heavy atom. The Bertz CT molecular complexity index is 558. The van der Waals surface area contributed by atoms with Gasteiger partial charge in [0.15, 0.2) is 11.5 Å². The molecule has 0 aromatic heterocycles. The minimum atomic E-state index is -3.07. The second-order valence-electron chi connectivity index (χ2n) is 4.25. The molecule has 0 saturated carbocycles. The lowest BCUT2D eigenvalue weighted by molar-refractivity contribution is 0.287. The Labute approximate surface area is 137 Å². The zero-order valence-electron chi connectivity index (χ0n) is 11.7. The van der Waals surface area contributed by atoms with Crippen molar-refractivity contribution in [2.75, 3.05) is 25.2 Å². The van der Waals surface area contributed by atoms with Crippen LogP contribution >= 0.6 is 31.9 Å². The van der Waals surface area contributed by atoms with Crippen LogP contribution in [0.25, 0.3) is 0 Å². The van der Waals surface area contributed by atoms with Crippen LogP contribution in [-0.2, 0) is 9.84 Å². The molecule has 1 atom stereocenters. The first-order valence-corrected chi connectivity index (χ1v) is 9.96. The molecule has 0 N–H and O–H groups in total. The molecule has 114 valence electrons. The van der Waals surface area contributed by atoms with Gasteiger partial charge in [0.1, 0.15) is 9.84 Å². The van der Waals surface area contributed by atoms with Gasteiger partial charge in [0.25, 0.3) is 0 Å². The Kier molecular flexibility index (Phi) is 6.81. The zero-order valence-corrected chi connectivity index (χ0v) is 15.6. The molecule has 1 rings (SSSR count). The molecular formula is C13H18Br2O4S. The first-order valence-electron chi connectivity index (χ1n) is 6.19. The van der Waals surface area contributed by atoms with Crippen molar-refractivity contribution in [2.24, 2.45) is 0 Å². The second kappa shape index (κ2) is 7.66. The molecule has 1 aromatic carbocycles. The highest BCUT2D eigenvalue weighted by Gasteiger charge is 2.20. The standard InChI is InChI=1S/C13H18Br2O4S/c1-4-18-12-6-9(11(15)8-20(3,16)17)10(14)7-13(12)19-5-2/h6-7,11H,4-5,8H2,1-3H3. The maximum atomic E-state index is 11.4. The van der Waals surface area contributed by atoms with Gasteiger partial charge in [-0.3, -0.25) is 0 Å². The number of hydrogen-bond donors (Lipinski definition) is 0. The van der Waals surface area contributed by atoms with Gasteiger partial charge < -0.3 is 9.47 Å². The molecule has 0 radical (unpaired) electrons. The van der Waals surface area contributed by atoms with E-state index in [1.165, 1.54) is 6.26 Å². The number of halogens is 2. The van der Waals surface area contributed by atoms with E-state index in [9.17, 15) is 8.42 Å². The summed E-state index contributed by atoms with van der Waals surface area (Å²) >= 11 is 6.87. The van der Waals surface area contributed by atoms with Crippen LogP contribution in [0, 0.1) is 0 Å². The fourth-order valence-electron chi connectivity index (χ4n) is 1.68. The van der Waals surface area contributed by atoms with Crippen LogP contribution in [-0.4, -0.2) is 33.6 Å². The van der Waals surface area contributed by atoms with Crippen molar-refractivity contribution >= 4 is 41.7 Å². The van der Waals surface area contributed by atoms with Gasteiger partial charge in [-0.1, -0.05) is 31.9 Å². The summed E-state index contributed by atoms with van der Waals surface area (Å²) in [7, 11) is -3.07. The zero-order chi connectivity index (χ0) is 15.3. The van der Waals surface area contributed by atoms with E-state index < -0.39 is 9.84 Å². The van der Waals surface area contributed by atoms with Crippen LogP contribution < -0.4 is 9.47 Å². The maximum absolute atomic E-state index is 11.4. The average Bonchev–Trinajstić information content (AvgIpc) is 2.30. The molecule has 7 heteroatoms. The number of benzene rings is 1. The Hall–Kier alpha value is -0.270. The molecule has 0 aliphatic heterocycles. The monoisotopic (exact) mass is 428 g/mol. The molecule has 0 spiro atoms. The van der Waals surface area contributed by atoms with Crippen LogP contribution in [0.1, 0.15) is 24.2 Å². The highest BCUT2D eigenvalue weighted by Crippen LogP contribution is 2.39. The SMILES string of the molecule is CCOc1cc(Br)c(C(Br)CS(C)(=O)=O)cc1OCC. The highest BCUT2D eigenvalue weighted by molar-refractivity contribution is 9.11. The molecule has 0 amide bonds. The minimum Gasteiger partial charge on any atom is -0.490 e. The van der Waals surface area contributed by atoms with E-state index in [-0.39, 0.29) is 10.6 Å². The van der Waals surface area contributed by atoms with Gasteiger partial charge in [-0.05, 0) is 31.5 Å². The van der Waals surface area contributed by atoms with Gasteiger partial charge in [0.2, 0.25) is 0 Å². The Morgan fingerprint density at radius 3 is 2.10 bits per heavy atom. The van der Waals surface area contributed by atoms with E-state index in [4.69, 9.17) is 9.47 Å². The smallest absolute Gasteiger partial charge is 0.162 e. The van der Waals surface area contributed by atoms with Gasteiger partial charge in [0, 0.05) is 10.7 Å². The summed E-state index contributed by atoms with van der Waals surface area (Å²) in [6.07, 6.45) is 1.22. The van der Waals surface area contributed by atoms with E-state index in [1.807, 2.05) is 19.9 Å². The van der Waals surface area contributed by atoms with E-state index in [0.717, 1.165) is 10.0 Å². The van der Waals surface area contributed by atoms with Crippen LogP contribution in [0.5, 0.6) is 11.5 Å². The van der Waals surface area contributed by atoms with Crippen molar-refractivity contribution < 1.29 is 17.9 Å². The Morgan fingerprint density at radius 1 is 1.15 bits per heavy atom. The summed E-state index contributed by atoms with van der Waals surface area (Å²) in [5.74, 6) is 1.28. The number of alkyl halides is 1. The van der Waals surface area contributed by atoms with E-state index >= 15 is 0 Å². The third-order valence-corrected chi connectivity index (χ3v) is 5.32. The molecule has 0 aliphatic rings. The van der Waals surface area contributed by atoms with Crippen LogP contribution in [0.4, 0.5) is 0 Å². The summed E-state index contributed by atoms with van der Waals surface area (Å²) in [4.78, 5) is -0.304. The fourth-order valence-corrected chi connectivity index (χ4v) is 5.12. The predicted molar refractivity (Wildman–Crippen MR) is 87.9 cm³/mol. The fraction of sp³-hybridized carbons (Fsp3) is 0.538. The van der Waals surface area contributed by atoms with E-state index in [2.05, 4.69) is 31.9 Å². The summed E-state index contributed by atoms with van der Waals surface area (Å²) in [5, 5.41) is 0. The number of rotatable bonds is 7. The van der Waals surface area contributed by atoms with Crippen molar-refractivity contribution in [1.29, 1.82) is 0 Å². The third kappa shape index (κ3) is 5.26. The van der Waals surface area contributed by atoms with Crippen molar-refractivity contribution in [2.45, 2.75) is 18.7 Å². The largest absolute Gasteiger partial charge is 0.490 e. The molecule has 4 nitrogen and oxygen atoms in total. The number of hydrogen-bond acceptors (Lipinski definition) is 4. The lowest BCUT2D eigenvalue weighted by atomic mass is 10.1. The van der Waals surface area contributed by atoms with Gasteiger partial charge in [-0.15, -0.1) is 0 Å². The molecule has 0 saturated heterocycles. The maximum Gasteiger partial charge on any atom is 0.162 e. The van der Waals surface area contributed by atoms with Crippen molar-refractivity contribution in [1.82, 2.24) is 0 Å². The molecule has 0 bridgehead atoms. The first-order chi connectivity index (χ1) is 9.28. The molecule has 0 heterocycles. The molecule has 0 fully saturated rings. The van der Waals surface area contributed by atoms with Gasteiger partial charge in [-0.2, -0.15) is 0 Å². The summed E-state index contributed by atoms with van der Waals surface area (Å²) < 4.78 is 34.7. The predicted octanol–water partition coefficient (Wildman–Crippen LogP) is 3.73. The molecule has 20 heavy (non-hydrogen) atoms. The third-order valence-electron chi connectivity index (χ3n) is 2.45. The topological polar surface area (TPSA) is 52.6 Å². The molecule has 1 aromatic rings. The van der Waals surface area contributed by atoms with Gasteiger partial charge in [-0.25, -0.2) is 8.42 Å². The molecule has 1 unspecified atom stereocenters. The first kappa shape index (κ1) is 17.8. The minimum absolute atomic E-state index is 0.0190. The second-order valence-corrected chi connectivity index (χ2v) is 8.39. The quantitative estimate of drug-likeness (QED) is 0.619. The van der Waals surface area contributed by atoms with Gasteiger partial charge in [0.05, 0.1) is 23.8 Å². The van der Waals surface area contributed by atoms with Crippen LogP contribution in [0.15, 0.2) is 16.6 Å². The van der Waals surface area contributed by atoms with Crippen molar-refractivity contribution in [3.63, 3.8) is 0 Å². The average molecular weight is 430 g/mol. The van der Waals surface area contributed by atoms with Gasteiger partial charge >= 0.3 is 0 Å². The summed E-state index contributed by atoms with van der Waals surface area (Å²) in [6.45, 7) is 4.83. The van der Waals surface area contributed by atoms with Crippen molar-refractivity contribution in [3.8, 4) is 11.5 Å². The highest BCUT2D eigenvalue weighted by atomic mass is 79.9. The number of ether oxygens (including phenoxy) is 2. The van der Waals surface area contributed by atoms with Crippen molar-refractivity contribution in [3.05, 3.63) is 22.2 Å². The van der Waals surface area contributed by atoms with Crippen LogP contribution in [0.2, 0.25) is 0 Å². The number of sulfone groups is 1. The summed E-state index contributed by atoms with van der Waals surface area (Å²) in [5.41, 5.74) is 0.822. The normalized spacial score (nSPS) is 13.1. The van der Waals surface area contributed by atoms with E-state index in [0.29, 0.717) is 24.7 Å². The Balaban J connectivity index is 3.17. The summed E-state index contributed by atoms with van der Waals surface area (Å²) in [6, 6.07) is 3.61.